The predicted molar refractivity (Wildman–Crippen MR) is 124 cm³/mol. The monoisotopic (exact) mass is 444 g/mol. The molecule has 1 N–H and O–H groups in total. The summed E-state index contributed by atoms with van der Waals surface area (Å²) in [6.07, 6.45) is 8.02. The van der Waals surface area contributed by atoms with Gasteiger partial charge in [-0.3, -0.25) is 9.59 Å². The molecule has 0 spiro atoms. The number of aliphatic carboxylic acids is 1. The molecule has 2 aliphatic heterocycles. The predicted octanol–water partition coefficient (Wildman–Crippen LogP) is 5.26. The van der Waals surface area contributed by atoms with E-state index in [4.69, 9.17) is 4.74 Å². The summed E-state index contributed by atoms with van der Waals surface area (Å²) in [4.78, 5) is 26.5. The summed E-state index contributed by atoms with van der Waals surface area (Å²) in [5.41, 5.74) is 1.87. The molecule has 1 saturated heterocycles. The standard InChI is InChI=1S/C27H28N2O4/c1-16-2-8-22(9-3-16)33-25-11-5-17-12-18(4-10-23(17)24(25)15-28)26(30)29-20-6-7-21(29)14-19(13-20)27(31)32/h4-6,10-12,16,19,21-22H,2-3,7-9,13-14H2,1H3,(H,31,32). The second-order valence-electron chi connectivity index (χ2n) is 9.72. The number of piperidine rings is 1. The number of fused-ring (bicyclic) bond motifs is 3. The van der Waals surface area contributed by atoms with Crippen LogP contribution in [0.3, 0.4) is 0 Å². The largest absolute Gasteiger partial charge is 0.489 e. The van der Waals surface area contributed by atoms with Gasteiger partial charge in [0.2, 0.25) is 0 Å². The number of hydrogen-bond acceptors (Lipinski definition) is 4. The summed E-state index contributed by atoms with van der Waals surface area (Å²) in [6, 6.07) is 11.4. The van der Waals surface area contributed by atoms with Crippen molar-refractivity contribution in [3.63, 3.8) is 0 Å². The number of carboxylic acids is 1. The number of amides is 1. The van der Waals surface area contributed by atoms with Gasteiger partial charge in [0, 0.05) is 29.1 Å². The van der Waals surface area contributed by atoms with Crippen molar-refractivity contribution < 1.29 is 19.4 Å². The fourth-order valence-electron chi connectivity index (χ4n) is 5.56. The molecule has 2 aromatic carbocycles. The molecule has 33 heavy (non-hydrogen) atoms. The van der Waals surface area contributed by atoms with Crippen LogP contribution >= 0.6 is 0 Å². The maximum absolute atomic E-state index is 13.3. The van der Waals surface area contributed by atoms with Crippen molar-refractivity contribution in [1.29, 1.82) is 5.26 Å². The lowest BCUT2D eigenvalue weighted by Crippen LogP contribution is -2.42. The van der Waals surface area contributed by atoms with Crippen LogP contribution in [0.15, 0.2) is 42.1 Å². The highest BCUT2D eigenvalue weighted by atomic mass is 16.5. The first kappa shape index (κ1) is 21.5. The van der Waals surface area contributed by atoms with E-state index in [1.165, 1.54) is 0 Å². The van der Waals surface area contributed by atoms with Crippen LogP contribution in [0.5, 0.6) is 5.75 Å². The van der Waals surface area contributed by atoms with Gasteiger partial charge in [0.15, 0.2) is 0 Å². The average Bonchev–Trinajstić information content (AvgIpc) is 3.08. The Hall–Kier alpha value is -3.33. The maximum Gasteiger partial charge on any atom is 0.306 e. The number of carboxylic acid groups (broad SMARTS) is 1. The van der Waals surface area contributed by atoms with Gasteiger partial charge in [-0.2, -0.15) is 5.26 Å². The summed E-state index contributed by atoms with van der Waals surface area (Å²) in [7, 11) is 0. The van der Waals surface area contributed by atoms with E-state index in [1.807, 2.05) is 30.3 Å². The van der Waals surface area contributed by atoms with Crippen LogP contribution in [0.2, 0.25) is 0 Å². The maximum atomic E-state index is 13.3. The minimum absolute atomic E-state index is 0.0956. The van der Waals surface area contributed by atoms with Gasteiger partial charge in [0.25, 0.3) is 5.91 Å². The van der Waals surface area contributed by atoms with Crippen LogP contribution in [-0.4, -0.2) is 34.0 Å². The zero-order valence-electron chi connectivity index (χ0n) is 18.8. The van der Waals surface area contributed by atoms with E-state index in [0.717, 1.165) is 48.1 Å². The number of allylic oxidation sites excluding steroid dienone is 1. The van der Waals surface area contributed by atoms with E-state index < -0.39 is 11.9 Å². The molecule has 2 fully saturated rings. The minimum atomic E-state index is -0.796. The van der Waals surface area contributed by atoms with E-state index in [1.54, 1.807) is 11.0 Å². The molecule has 170 valence electrons. The molecule has 1 saturated carbocycles. The fourth-order valence-corrected chi connectivity index (χ4v) is 5.56. The first-order valence-corrected chi connectivity index (χ1v) is 11.8. The summed E-state index contributed by atoms with van der Waals surface area (Å²) in [5.74, 6) is 0.0183. The van der Waals surface area contributed by atoms with Crippen molar-refractivity contribution in [2.75, 3.05) is 0 Å². The number of ether oxygens (including phenoxy) is 1. The molecular weight excluding hydrogens is 416 g/mol. The first-order valence-electron chi connectivity index (χ1n) is 11.8. The molecule has 2 heterocycles. The molecule has 6 heteroatoms. The molecule has 1 aliphatic carbocycles. The number of carbonyl (C=O) groups is 2. The van der Waals surface area contributed by atoms with Gasteiger partial charge >= 0.3 is 5.97 Å². The average molecular weight is 445 g/mol. The van der Waals surface area contributed by atoms with Crippen LogP contribution in [0.1, 0.15) is 67.8 Å². The van der Waals surface area contributed by atoms with E-state index >= 15 is 0 Å². The zero-order valence-corrected chi connectivity index (χ0v) is 18.8. The van der Waals surface area contributed by atoms with Gasteiger partial charge in [0.05, 0.1) is 12.0 Å². The Balaban J connectivity index is 1.39. The number of carbonyl (C=O) groups excluding carboxylic acids is 1. The lowest BCUT2D eigenvalue weighted by Gasteiger charge is -2.35. The Morgan fingerprint density at radius 2 is 1.94 bits per heavy atom. The van der Waals surface area contributed by atoms with E-state index in [2.05, 4.69) is 13.0 Å². The van der Waals surface area contributed by atoms with Crippen molar-refractivity contribution in [2.24, 2.45) is 11.8 Å². The second kappa shape index (κ2) is 8.55. The summed E-state index contributed by atoms with van der Waals surface area (Å²) < 4.78 is 6.22. The van der Waals surface area contributed by atoms with Crippen molar-refractivity contribution in [3.05, 3.63) is 53.2 Å². The first-order chi connectivity index (χ1) is 15.9. The molecule has 3 aliphatic rings. The molecular formula is C27H28N2O4. The molecule has 2 atom stereocenters. The minimum Gasteiger partial charge on any atom is -0.489 e. The van der Waals surface area contributed by atoms with Crippen molar-refractivity contribution >= 4 is 22.6 Å². The number of benzene rings is 2. The fraction of sp³-hybridized carbons (Fsp3) is 0.444. The van der Waals surface area contributed by atoms with E-state index in [-0.39, 0.29) is 18.1 Å². The topological polar surface area (TPSA) is 90.6 Å². The van der Waals surface area contributed by atoms with Crippen LogP contribution in [0.4, 0.5) is 0 Å². The Kier molecular flexibility index (Phi) is 5.57. The van der Waals surface area contributed by atoms with Crippen LogP contribution in [0, 0.1) is 23.2 Å². The molecule has 1 amide bonds. The molecule has 6 nitrogen and oxygen atoms in total. The van der Waals surface area contributed by atoms with Crippen LogP contribution in [0.25, 0.3) is 10.8 Å². The van der Waals surface area contributed by atoms with Gasteiger partial charge in [-0.15, -0.1) is 0 Å². The van der Waals surface area contributed by atoms with Gasteiger partial charge in [0.1, 0.15) is 17.4 Å². The van der Waals surface area contributed by atoms with Gasteiger partial charge < -0.3 is 14.7 Å². The highest BCUT2D eigenvalue weighted by molar-refractivity contribution is 6.01. The van der Waals surface area contributed by atoms with Crippen LogP contribution in [-0.2, 0) is 4.79 Å². The third-order valence-electron chi connectivity index (χ3n) is 7.48. The van der Waals surface area contributed by atoms with Crippen LogP contribution < -0.4 is 4.74 Å². The smallest absolute Gasteiger partial charge is 0.306 e. The molecule has 5 rings (SSSR count). The van der Waals surface area contributed by atoms with Crippen molar-refractivity contribution in [1.82, 2.24) is 4.90 Å². The van der Waals surface area contributed by atoms with Gasteiger partial charge in [-0.1, -0.05) is 25.1 Å². The second-order valence-corrected chi connectivity index (χ2v) is 9.72. The van der Waals surface area contributed by atoms with E-state index in [0.29, 0.717) is 36.1 Å². The molecule has 0 radical (unpaired) electrons. The van der Waals surface area contributed by atoms with Crippen molar-refractivity contribution in [2.45, 2.75) is 64.0 Å². The normalized spacial score (nSPS) is 26.5. The number of rotatable bonds is 4. The lowest BCUT2D eigenvalue weighted by atomic mass is 9.89. The third-order valence-corrected chi connectivity index (χ3v) is 7.48. The quantitative estimate of drug-likeness (QED) is 0.694. The Morgan fingerprint density at radius 3 is 2.64 bits per heavy atom. The molecule has 2 aromatic rings. The highest BCUT2D eigenvalue weighted by Gasteiger charge is 2.41. The van der Waals surface area contributed by atoms with E-state index in [9.17, 15) is 20.0 Å². The zero-order chi connectivity index (χ0) is 23.1. The summed E-state index contributed by atoms with van der Waals surface area (Å²) >= 11 is 0. The SMILES string of the molecule is CC1CCC(Oc2ccc3cc(C(=O)N4C5=CCC4CC(C(=O)O)C5)ccc3c2C#N)CC1. The molecule has 2 unspecified atom stereocenters. The number of nitriles is 1. The highest BCUT2D eigenvalue weighted by Crippen LogP contribution is 2.39. The Bertz CT molecular complexity index is 1190. The Labute approximate surface area is 193 Å². The number of hydrogen-bond donors (Lipinski definition) is 1. The summed E-state index contributed by atoms with van der Waals surface area (Å²) in [5, 5.41) is 20.8. The summed E-state index contributed by atoms with van der Waals surface area (Å²) in [6.45, 7) is 2.27. The van der Waals surface area contributed by atoms with Gasteiger partial charge in [-0.25, -0.2) is 0 Å². The third kappa shape index (κ3) is 3.97. The number of nitrogens with zero attached hydrogens (tertiary/aromatic N) is 2. The Morgan fingerprint density at radius 1 is 1.15 bits per heavy atom. The van der Waals surface area contributed by atoms with Gasteiger partial charge in [-0.05, 0) is 68.0 Å². The lowest BCUT2D eigenvalue weighted by molar-refractivity contribution is -0.143. The molecule has 2 bridgehead atoms. The van der Waals surface area contributed by atoms with Crippen molar-refractivity contribution in [3.8, 4) is 11.8 Å². The molecule has 0 aromatic heterocycles.